The number of nitrogens with one attached hydrogen (secondary N) is 1. The molecule has 0 spiro atoms. The number of hydrogen-bond donors (Lipinski definition) is 1. The van der Waals surface area contributed by atoms with Gasteiger partial charge in [-0.2, -0.15) is 0 Å². The van der Waals surface area contributed by atoms with E-state index in [9.17, 15) is 9.18 Å². The first-order chi connectivity index (χ1) is 8.75. The lowest BCUT2D eigenvalue weighted by molar-refractivity contribution is -0.116. The Morgan fingerprint density at radius 3 is 2.78 bits per heavy atom. The van der Waals surface area contributed by atoms with Crippen LogP contribution < -0.4 is 5.32 Å². The van der Waals surface area contributed by atoms with Crippen LogP contribution in [0.5, 0.6) is 0 Å². The van der Waals surface area contributed by atoms with Gasteiger partial charge in [0.25, 0.3) is 0 Å². The largest absolute Gasteiger partial charge is 0.323 e. The van der Waals surface area contributed by atoms with Gasteiger partial charge < -0.3 is 5.32 Å². The van der Waals surface area contributed by atoms with Crippen LogP contribution >= 0.6 is 0 Å². The van der Waals surface area contributed by atoms with Gasteiger partial charge in [-0.25, -0.2) is 4.39 Å². The predicted molar refractivity (Wildman–Crippen MR) is 65.7 cm³/mol. The Kier molecular flexibility index (Phi) is 2.55. The quantitative estimate of drug-likeness (QED) is 0.835. The number of amides is 1. The summed E-state index contributed by atoms with van der Waals surface area (Å²) in [5, 5.41) is 2.60. The molecule has 1 N–H and O–H groups in total. The van der Waals surface area contributed by atoms with E-state index in [1.807, 2.05) is 18.2 Å². The van der Waals surface area contributed by atoms with Crippen molar-refractivity contribution < 1.29 is 9.18 Å². The number of rotatable bonds is 1. The van der Waals surface area contributed by atoms with Gasteiger partial charge in [-0.15, -0.1) is 0 Å². The second-order valence-electron chi connectivity index (χ2n) is 4.29. The van der Waals surface area contributed by atoms with Crippen molar-refractivity contribution in [1.82, 2.24) is 4.98 Å². The molecule has 1 aromatic carbocycles. The van der Waals surface area contributed by atoms with E-state index in [1.165, 1.54) is 6.07 Å². The predicted octanol–water partition coefficient (Wildman–Crippen LogP) is 2.69. The van der Waals surface area contributed by atoms with Crippen molar-refractivity contribution in [3.05, 3.63) is 59.7 Å². The van der Waals surface area contributed by atoms with Crippen LogP contribution in [0.25, 0.3) is 0 Å². The third-order valence-corrected chi connectivity index (χ3v) is 3.18. The highest BCUT2D eigenvalue weighted by Crippen LogP contribution is 2.37. The van der Waals surface area contributed by atoms with Gasteiger partial charge in [-0.1, -0.05) is 12.1 Å². The average Bonchev–Trinajstić information content (AvgIpc) is 2.40. The zero-order valence-corrected chi connectivity index (χ0v) is 9.56. The first-order valence-electron chi connectivity index (χ1n) is 5.74. The molecule has 0 radical (unpaired) electrons. The number of aromatic nitrogens is 1. The smallest absolute Gasteiger partial charge is 0.225 e. The molecule has 90 valence electrons. The summed E-state index contributed by atoms with van der Waals surface area (Å²) in [5.74, 6) is -0.651. The number of para-hydroxylation sites is 1. The summed E-state index contributed by atoms with van der Waals surface area (Å²) < 4.78 is 13.7. The van der Waals surface area contributed by atoms with Crippen LogP contribution in [-0.2, 0) is 4.79 Å². The van der Waals surface area contributed by atoms with Crippen LogP contribution in [0.4, 0.5) is 10.1 Å². The first kappa shape index (κ1) is 10.9. The zero-order chi connectivity index (χ0) is 12.5. The maximum absolute atomic E-state index is 13.7. The molecule has 1 atom stereocenters. The van der Waals surface area contributed by atoms with Crippen molar-refractivity contribution in [3.8, 4) is 0 Å². The second kappa shape index (κ2) is 4.22. The first-order valence-corrected chi connectivity index (χ1v) is 5.74. The molecule has 0 saturated carbocycles. The zero-order valence-electron chi connectivity index (χ0n) is 9.56. The number of halogens is 1. The highest BCUT2D eigenvalue weighted by molar-refractivity contribution is 5.95. The van der Waals surface area contributed by atoms with E-state index >= 15 is 0 Å². The van der Waals surface area contributed by atoms with E-state index in [-0.39, 0.29) is 17.6 Å². The van der Waals surface area contributed by atoms with Crippen molar-refractivity contribution in [2.75, 3.05) is 5.32 Å². The third-order valence-electron chi connectivity index (χ3n) is 3.18. The lowest BCUT2D eigenvalue weighted by Gasteiger charge is -2.26. The molecule has 0 bridgehead atoms. The molecule has 18 heavy (non-hydrogen) atoms. The van der Waals surface area contributed by atoms with Gasteiger partial charge in [0.2, 0.25) is 5.91 Å². The van der Waals surface area contributed by atoms with Crippen LogP contribution in [0.3, 0.4) is 0 Å². The fraction of sp³-hybridized carbons (Fsp3) is 0.143. The maximum atomic E-state index is 13.7. The Bertz CT molecular complexity index is 598. The highest BCUT2D eigenvalue weighted by Gasteiger charge is 2.28. The van der Waals surface area contributed by atoms with Crippen LogP contribution in [0.15, 0.2) is 42.7 Å². The summed E-state index contributed by atoms with van der Waals surface area (Å²) in [6.45, 7) is 0. The van der Waals surface area contributed by atoms with Crippen LogP contribution in [0.1, 0.15) is 23.5 Å². The fourth-order valence-corrected chi connectivity index (χ4v) is 2.34. The van der Waals surface area contributed by atoms with E-state index in [4.69, 9.17) is 0 Å². The van der Waals surface area contributed by atoms with Gasteiger partial charge in [0.15, 0.2) is 0 Å². The van der Waals surface area contributed by atoms with Crippen molar-refractivity contribution >= 4 is 11.6 Å². The molecule has 4 heteroatoms. The number of anilines is 1. The molecule has 1 aromatic heterocycles. The number of benzene rings is 1. The summed E-state index contributed by atoms with van der Waals surface area (Å²) in [5.41, 5.74) is 2.10. The lowest BCUT2D eigenvalue weighted by atomic mass is 9.85. The number of pyridine rings is 1. The molecule has 0 aliphatic carbocycles. The van der Waals surface area contributed by atoms with Gasteiger partial charge in [0.1, 0.15) is 5.82 Å². The standard InChI is InChI=1S/C14H11FN2O/c15-12-3-1-2-10-11(8-13(18)17-14(10)12)9-4-6-16-7-5-9/h1-7,11H,8H2,(H,17,18). The molecule has 1 aliphatic rings. The summed E-state index contributed by atoms with van der Waals surface area (Å²) in [6.07, 6.45) is 3.70. The molecular weight excluding hydrogens is 231 g/mol. The monoisotopic (exact) mass is 242 g/mol. The van der Waals surface area contributed by atoms with Gasteiger partial charge in [0, 0.05) is 24.7 Å². The van der Waals surface area contributed by atoms with Gasteiger partial charge in [-0.3, -0.25) is 9.78 Å². The third kappa shape index (κ3) is 1.76. The molecule has 2 aromatic rings. The number of hydrogen-bond acceptors (Lipinski definition) is 2. The Hall–Kier alpha value is -2.23. The number of carbonyl (C=O) groups is 1. The fourth-order valence-electron chi connectivity index (χ4n) is 2.34. The minimum absolute atomic E-state index is 0.104. The molecule has 1 aliphatic heterocycles. The molecule has 2 heterocycles. The van der Waals surface area contributed by atoms with E-state index < -0.39 is 0 Å². The Balaban J connectivity index is 2.14. The normalized spacial score (nSPS) is 18.1. The van der Waals surface area contributed by atoms with Gasteiger partial charge >= 0.3 is 0 Å². The summed E-state index contributed by atoms with van der Waals surface area (Å²) in [7, 11) is 0. The maximum Gasteiger partial charge on any atom is 0.225 e. The highest BCUT2D eigenvalue weighted by atomic mass is 19.1. The SMILES string of the molecule is O=C1CC(c2ccncc2)c2cccc(F)c2N1. The molecule has 1 amide bonds. The molecule has 3 nitrogen and oxygen atoms in total. The van der Waals surface area contributed by atoms with Crippen LogP contribution in [0.2, 0.25) is 0 Å². The van der Waals surface area contributed by atoms with Crippen molar-refractivity contribution in [2.24, 2.45) is 0 Å². The Labute approximate surface area is 104 Å². The van der Waals surface area contributed by atoms with Crippen LogP contribution in [-0.4, -0.2) is 10.9 Å². The van der Waals surface area contributed by atoms with Crippen molar-refractivity contribution in [2.45, 2.75) is 12.3 Å². The van der Waals surface area contributed by atoms with E-state index in [0.29, 0.717) is 12.1 Å². The number of fused-ring (bicyclic) bond motifs is 1. The summed E-state index contributed by atoms with van der Waals surface area (Å²) in [4.78, 5) is 15.6. The molecule has 0 saturated heterocycles. The summed E-state index contributed by atoms with van der Waals surface area (Å²) >= 11 is 0. The van der Waals surface area contributed by atoms with E-state index in [1.54, 1.807) is 18.5 Å². The van der Waals surface area contributed by atoms with Gasteiger partial charge in [-0.05, 0) is 29.3 Å². The van der Waals surface area contributed by atoms with E-state index in [0.717, 1.165) is 11.1 Å². The molecular formula is C14H11FN2O. The van der Waals surface area contributed by atoms with E-state index in [2.05, 4.69) is 10.3 Å². The Morgan fingerprint density at radius 1 is 1.22 bits per heavy atom. The Morgan fingerprint density at radius 2 is 2.00 bits per heavy atom. The topological polar surface area (TPSA) is 42.0 Å². The van der Waals surface area contributed by atoms with Crippen molar-refractivity contribution in [3.63, 3.8) is 0 Å². The molecule has 0 fully saturated rings. The van der Waals surface area contributed by atoms with Crippen molar-refractivity contribution in [1.29, 1.82) is 0 Å². The molecule has 3 rings (SSSR count). The molecule has 1 unspecified atom stereocenters. The lowest BCUT2D eigenvalue weighted by Crippen LogP contribution is -2.24. The minimum atomic E-state index is -0.389. The number of nitrogens with zero attached hydrogens (tertiary/aromatic N) is 1. The minimum Gasteiger partial charge on any atom is -0.323 e. The second-order valence-corrected chi connectivity index (χ2v) is 4.29. The van der Waals surface area contributed by atoms with Gasteiger partial charge in [0.05, 0.1) is 5.69 Å². The van der Waals surface area contributed by atoms with Crippen LogP contribution in [0, 0.1) is 5.82 Å². The average molecular weight is 242 g/mol. The number of carbonyl (C=O) groups excluding carboxylic acids is 1. The summed E-state index contributed by atoms with van der Waals surface area (Å²) in [6, 6.07) is 8.59.